The third-order valence-corrected chi connectivity index (χ3v) is 7.69. The highest BCUT2D eigenvalue weighted by Gasteiger charge is 2.37. The smallest absolute Gasteiger partial charge is 0.248 e. The molecule has 1 unspecified atom stereocenters. The van der Waals surface area contributed by atoms with E-state index in [4.69, 9.17) is 4.52 Å². The molecule has 1 fully saturated rings. The fourth-order valence-electron chi connectivity index (χ4n) is 3.85. The number of rotatable bonds is 6. The number of carbonyl (C=O) groups is 1. The number of hydrogen-bond donors (Lipinski definition) is 1. The van der Waals surface area contributed by atoms with Crippen LogP contribution >= 0.6 is 0 Å². The normalized spacial score (nSPS) is 17.2. The van der Waals surface area contributed by atoms with E-state index in [9.17, 15) is 17.6 Å². The second-order valence-corrected chi connectivity index (χ2v) is 10.1. The number of nitrogens with one attached hydrogen (secondary N) is 1. The van der Waals surface area contributed by atoms with E-state index < -0.39 is 21.8 Å². The van der Waals surface area contributed by atoms with Gasteiger partial charge in [-0.1, -0.05) is 29.4 Å². The molecular formula is C24H25FN4O4S. The zero-order chi connectivity index (χ0) is 24.3. The monoisotopic (exact) mass is 484 g/mol. The molecule has 3 aromatic rings. The van der Waals surface area contributed by atoms with Crippen molar-refractivity contribution in [1.29, 1.82) is 0 Å². The number of pyridine rings is 1. The van der Waals surface area contributed by atoms with Gasteiger partial charge in [-0.3, -0.25) is 4.79 Å². The first-order chi connectivity index (χ1) is 16.3. The molecule has 3 heterocycles. The van der Waals surface area contributed by atoms with Crippen LogP contribution in [0, 0.1) is 25.6 Å². The number of amides is 1. The molecule has 34 heavy (non-hydrogen) atoms. The average Bonchev–Trinajstić information content (AvgIpc) is 3.21. The van der Waals surface area contributed by atoms with E-state index in [-0.39, 0.29) is 35.3 Å². The summed E-state index contributed by atoms with van der Waals surface area (Å²) in [6.07, 6.45) is 5.58. The van der Waals surface area contributed by atoms with E-state index in [0.29, 0.717) is 24.2 Å². The quantitative estimate of drug-likeness (QED) is 0.566. The van der Waals surface area contributed by atoms with E-state index in [2.05, 4.69) is 15.5 Å². The van der Waals surface area contributed by atoms with Gasteiger partial charge >= 0.3 is 0 Å². The van der Waals surface area contributed by atoms with Crippen molar-refractivity contribution in [2.24, 2.45) is 5.92 Å². The highest BCUT2D eigenvalue weighted by molar-refractivity contribution is 7.89. The van der Waals surface area contributed by atoms with Gasteiger partial charge in [-0.05, 0) is 56.5 Å². The summed E-state index contributed by atoms with van der Waals surface area (Å²) in [5, 5.41) is 6.58. The predicted octanol–water partition coefficient (Wildman–Crippen LogP) is 4.04. The minimum absolute atomic E-state index is 0.0104. The maximum Gasteiger partial charge on any atom is 0.248 e. The van der Waals surface area contributed by atoms with Crippen molar-refractivity contribution in [3.05, 3.63) is 71.0 Å². The van der Waals surface area contributed by atoms with Crippen molar-refractivity contribution >= 4 is 33.9 Å². The van der Waals surface area contributed by atoms with Crippen LogP contribution in [0.1, 0.15) is 35.4 Å². The molecule has 1 amide bonds. The number of aryl methyl sites for hydroxylation is 2. The number of piperidine rings is 1. The van der Waals surface area contributed by atoms with Gasteiger partial charge in [0.05, 0.1) is 5.92 Å². The summed E-state index contributed by atoms with van der Waals surface area (Å²) < 4.78 is 47.5. The minimum atomic E-state index is -4.00. The van der Waals surface area contributed by atoms with Crippen LogP contribution in [0.4, 0.5) is 10.2 Å². The molecule has 0 aliphatic carbocycles. The molecule has 2 aromatic heterocycles. The second kappa shape index (κ2) is 9.86. The molecular weight excluding hydrogens is 459 g/mol. The number of aromatic nitrogens is 2. The Morgan fingerprint density at radius 2 is 2.00 bits per heavy atom. The van der Waals surface area contributed by atoms with Crippen LogP contribution in [0.3, 0.4) is 0 Å². The number of benzene rings is 1. The summed E-state index contributed by atoms with van der Waals surface area (Å²) in [5.74, 6) is -0.809. The van der Waals surface area contributed by atoms with Crippen molar-refractivity contribution in [3.8, 4) is 0 Å². The van der Waals surface area contributed by atoms with Crippen molar-refractivity contribution < 1.29 is 22.1 Å². The van der Waals surface area contributed by atoms with Gasteiger partial charge in [-0.2, -0.15) is 4.31 Å². The Labute approximate surface area is 197 Å². The van der Waals surface area contributed by atoms with Crippen LogP contribution in [0.25, 0.3) is 12.2 Å². The number of nitrogens with zero attached hydrogens (tertiary/aromatic N) is 3. The Balaban J connectivity index is 1.54. The summed E-state index contributed by atoms with van der Waals surface area (Å²) in [6, 6.07) is 9.68. The van der Waals surface area contributed by atoms with Crippen LogP contribution in [0.15, 0.2) is 52.0 Å². The molecule has 10 heteroatoms. The molecule has 1 aromatic carbocycles. The van der Waals surface area contributed by atoms with Gasteiger partial charge in [0.15, 0.2) is 10.7 Å². The van der Waals surface area contributed by atoms with Gasteiger partial charge in [0.1, 0.15) is 17.3 Å². The maximum absolute atomic E-state index is 14.0. The highest BCUT2D eigenvalue weighted by atomic mass is 32.2. The lowest BCUT2D eigenvalue weighted by molar-refractivity contribution is -0.120. The molecule has 0 saturated carbocycles. The topological polar surface area (TPSA) is 105 Å². The Morgan fingerprint density at radius 1 is 1.21 bits per heavy atom. The van der Waals surface area contributed by atoms with Gasteiger partial charge in [0.25, 0.3) is 0 Å². The summed E-state index contributed by atoms with van der Waals surface area (Å²) in [5.41, 5.74) is 1.46. The van der Waals surface area contributed by atoms with E-state index in [1.807, 2.05) is 13.0 Å². The van der Waals surface area contributed by atoms with E-state index >= 15 is 0 Å². The van der Waals surface area contributed by atoms with Crippen molar-refractivity contribution in [1.82, 2.24) is 14.4 Å². The fourth-order valence-corrected chi connectivity index (χ4v) is 5.62. The van der Waals surface area contributed by atoms with Crippen LogP contribution in [0.2, 0.25) is 0 Å². The van der Waals surface area contributed by atoms with Crippen molar-refractivity contribution in [3.63, 3.8) is 0 Å². The fraction of sp³-hybridized carbons (Fsp3) is 0.292. The molecule has 0 spiro atoms. The number of carbonyl (C=O) groups excluding carboxylic acids is 1. The summed E-state index contributed by atoms with van der Waals surface area (Å²) in [6.45, 7) is 3.74. The van der Waals surface area contributed by atoms with E-state index in [1.165, 1.54) is 29.4 Å². The Morgan fingerprint density at radius 3 is 2.74 bits per heavy atom. The molecule has 0 bridgehead atoms. The van der Waals surface area contributed by atoms with Crippen molar-refractivity contribution in [2.75, 3.05) is 18.4 Å². The molecule has 0 radical (unpaired) electrons. The molecule has 1 saturated heterocycles. The minimum Gasteiger partial charge on any atom is -0.355 e. The number of anilines is 1. The molecule has 1 aliphatic heterocycles. The zero-order valence-electron chi connectivity index (χ0n) is 18.9. The van der Waals surface area contributed by atoms with Gasteiger partial charge in [0, 0.05) is 24.8 Å². The SMILES string of the molecule is Cc1ccc(NC(=O)C2CCCN(S(=O)(=O)c3c(C)noc3/C=C/c3ccccc3F)C2)nc1. The number of sulfonamides is 1. The Bertz CT molecular complexity index is 1320. The van der Waals surface area contributed by atoms with Gasteiger partial charge in [-0.15, -0.1) is 0 Å². The second-order valence-electron chi connectivity index (χ2n) is 8.23. The molecule has 8 nitrogen and oxygen atoms in total. The zero-order valence-corrected chi connectivity index (χ0v) is 19.7. The first kappa shape index (κ1) is 23.8. The highest BCUT2D eigenvalue weighted by Crippen LogP contribution is 2.29. The third-order valence-electron chi connectivity index (χ3n) is 5.67. The van der Waals surface area contributed by atoms with Gasteiger partial charge in [0.2, 0.25) is 15.9 Å². The van der Waals surface area contributed by atoms with Crippen LogP contribution in [-0.2, 0) is 14.8 Å². The average molecular weight is 485 g/mol. The molecule has 1 atom stereocenters. The summed E-state index contributed by atoms with van der Waals surface area (Å²) in [7, 11) is -4.00. The maximum atomic E-state index is 14.0. The number of hydrogen-bond acceptors (Lipinski definition) is 6. The Hall–Kier alpha value is -3.37. The largest absolute Gasteiger partial charge is 0.355 e. The third kappa shape index (κ3) is 5.07. The van der Waals surface area contributed by atoms with Gasteiger partial charge in [-0.25, -0.2) is 17.8 Å². The first-order valence-corrected chi connectivity index (χ1v) is 12.3. The lowest BCUT2D eigenvalue weighted by atomic mass is 9.99. The van der Waals surface area contributed by atoms with Gasteiger partial charge < -0.3 is 9.84 Å². The van der Waals surface area contributed by atoms with E-state index in [0.717, 1.165) is 5.56 Å². The Kier molecular flexibility index (Phi) is 6.90. The molecule has 4 rings (SSSR count). The summed E-state index contributed by atoms with van der Waals surface area (Å²) >= 11 is 0. The van der Waals surface area contributed by atoms with Crippen LogP contribution < -0.4 is 5.32 Å². The molecule has 1 N–H and O–H groups in total. The van der Waals surface area contributed by atoms with Crippen LogP contribution in [-0.4, -0.2) is 41.9 Å². The molecule has 1 aliphatic rings. The number of halogens is 1. The lowest BCUT2D eigenvalue weighted by Crippen LogP contribution is -2.44. The van der Waals surface area contributed by atoms with Crippen LogP contribution in [0.5, 0.6) is 0 Å². The van der Waals surface area contributed by atoms with Crippen molar-refractivity contribution in [2.45, 2.75) is 31.6 Å². The predicted molar refractivity (Wildman–Crippen MR) is 126 cm³/mol. The standard InChI is InChI=1S/C24H25FN4O4S/c1-16-9-12-22(26-14-16)27-24(30)19-7-5-13-29(15-19)34(31,32)23-17(2)28-33-21(23)11-10-18-6-3-4-8-20(18)25/h3-4,6,8-12,14,19H,5,7,13,15H2,1-2H3,(H,26,27,30)/b11-10+. The summed E-state index contributed by atoms with van der Waals surface area (Å²) in [4.78, 5) is 16.9. The van der Waals surface area contributed by atoms with E-state index in [1.54, 1.807) is 30.5 Å². The molecule has 178 valence electrons. The lowest BCUT2D eigenvalue weighted by Gasteiger charge is -2.31. The first-order valence-electron chi connectivity index (χ1n) is 10.9.